The first kappa shape index (κ1) is 15.1. The lowest BCUT2D eigenvalue weighted by Crippen LogP contribution is -2.35. The number of imidazole rings is 1. The van der Waals surface area contributed by atoms with Crippen LogP contribution < -0.4 is 11.0 Å². The topological polar surface area (TPSA) is 70.0 Å². The smallest absolute Gasteiger partial charge is 0.326 e. The van der Waals surface area contributed by atoms with Gasteiger partial charge >= 0.3 is 5.69 Å². The highest BCUT2D eigenvalue weighted by Crippen LogP contribution is 2.29. The van der Waals surface area contributed by atoms with Gasteiger partial charge in [0.1, 0.15) is 0 Å². The van der Waals surface area contributed by atoms with Crippen LogP contribution in [-0.2, 0) is 6.54 Å². The Labute approximate surface area is 123 Å². The summed E-state index contributed by atoms with van der Waals surface area (Å²) in [6.45, 7) is 3.61. The number of aliphatic hydroxyl groups is 1. The van der Waals surface area contributed by atoms with Crippen molar-refractivity contribution < 1.29 is 5.11 Å². The second-order valence-electron chi connectivity index (χ2n) is 5.12. The molecule has 0 fully saturated rings. The molecule has 2 heterocycles. The quantitative estimate of drug-likeness (QED) is 0.805. The SMILES string of the molecule is CCCNC1CCn2c(=O)[nH]c3cccc(c32)C1O.Cl. The average Bonchev–Trinajstić information content (AvgIpc) is 2.65. The van der Waals surface area contributed by atoms with E-state index in [2.05, 4.69) is 17.2 Å². The van der Waals surface area contributed by atoms with Gasteiger partial charge in [0.2, 0.25) is 0 Å². The highest BCUT2D eigenvalue weighted by molar-refractivity contribution is 5.85. The van der Waals surface area contributed by atoms with E-state index >= 15 is 0 Å². The second-order valence-corrected chi connectivity index (χ2v) is 5.12. The maximum atomic E-state index is 11.9. The number of aromatic nitrogens is 2. The van der Waals surface area contributed by atoms with Crippen molar-refractivity contribution in [3.8, 4) is 0 Å². The summed E-state index contributed by atoms with van der Waals surface area (Å²) < 4.78 is 1.74. The standard InChI is InChI=1S/C14H19N3O2.ClH/c1-2-7-15-11-6-8-17-12-9(13(11)18)4-3-5-10(12)16-14(17)19;/h3-5,11,13,15,18H,2,6-8H2,1H3,(H,16,19);1H. The molecule has 0 amide bonds. The lowest BCUT2D eigenvalue weighted by atomic mass is 10.00. The number of hydrogen-bond donors (Lipinski definition) is 3. The summed E-state index contributed by atoms with van der Waals surface area (Å²) >= 11 is 0. The largest absolute Gasteiger partial charge is 0.387 e. The Morgan fingerprint density at radius 3 is 3.05 bits per heavy atom. The van der Waals surface area contributed by atoms with E-state index in [4.69, 9.17) is 0 Å². The van der Waals surface area contributed by atoms with Crippen LogP contribution in [0, 0.1) is 0 Å². The minimum Gasteiger partial charge on any atom is -0.387 e. The summed E-state index contributed by atoms with van der Waals surface area (Å²) in [5.41, 5.74) is 2.39. The van der Waals surface area contributed by atoms with Crippen molar-refractivity contribution in [2.45, 2.75) is 38.5 Å². The van der Waals surface area contributed by atoms with Gasteiger partial charge in [-0.3, -0.25) is 4.57 Å². The van der Waals surface area contributed by atoms with Gasteiger partial charge in [0, 0.05) is 18.2 Å². The predicted molar refractivity (Wildman–Crippen MR) is 81.5 cm³/mol. The third-order valence-corrected chi connectivity index (χ3v) is 3.84. The van der Waals surface area contributed by atoms with Gasteiger partial charge in [-0.05, 0) is 25.5 Å². The van der Waals surface area contributed by atoms with Crippen LogP contribution in [0.4, 0.5) is 0 Å². The Morgan fingerprint density at radius 2 is 2.30 bits per heavy atom. The molecule has 0 aliphatic carbocycles. The van der Waals surface area contributed by atoms with Gasteiger partial charge in [-0.15, -0.1) is 12.4 Å². The lowest BCUT2D eigenvalue weighted by molar-refractivity contribution is 0.126. The number of rotatable bonds is 3. The Hall–Kier alpha value is -1.30. The molecule has 20 heavy (non-hydrogen) atoms. The molecule has 1 aliphatic heterocycles. The van der Waals surface area contributed by atoms with E-state index in [1.807, 2.05) is 18.2 Å². The minimum absolute atomic E-state index is 0. The first-order valence-corrected chi connectivity index (χ1v) is 6.85. The maximum absolute atomic E-state index is 11.9. The summed E-state index contributed by atoms with van der Waals surface area (Å²) in [4.78, 5) is 14.8. The van der Waals surface area contributed by atoms with E-state index in [1.54, 1.807) is 4.57 Å². The van der Waals surface area contributed by atoms with Crippen molar-refractivity contribution in [3.63, 3.8) is 0 Å². The molecule has 2 aromatic rings. The second kappa shape index (κ2) is 5.99. The van der Waals surface area contributed by atoms with Gasteiger partial charge in [-0.25, -0.2) is 4.79 Å². The van der Waals surface area contributed by atoms with E-state index in [0.717, 1.165) is 36.0 Å². The number of benzene rings is 1. The Bertz CT molecular complexity index is 649. The van der Waals surface area contributed by atoms with E-state index in [9.17, 15) is 9.90 Å². The van der Waals surface area contributed by atoms with E-state index in [-0.39, 0.29) is 24.1 Å². The Kier molecular flexibility index (Phi) is 4.52. The fourth-order valence-corrected chi connectivity index (χ4v) is 2.89. The van der Waals surface area contributed by atoms with Crippen LogP contribution in [-0.4, -0.2) is 27.2 Å². The lowest BCUT2D eigenvalue weighted by Gasteiger charge is -2.22. The van der Waals surface area contributed by atoms with Crippen molar-refractivity contribution in [1.29, 1.82) is 0 Å². The third kappa shape index (κ3) is 2.37. The van der Waals surface area contributed by atoms with Gasteiger partial charge in [-0.2, -0.15) is 0 Å². The number of hydrogen-bond acceptors (Lipinski definition) is 3. The number of aryl methyl sites for hydroxylation is 1. The molecule has 5 nitrogen and oxygen atoms in total. The maximum Gasteiger partial charge on any atom is 0.326 e. The molecule has 1 aromatic heterocycles. The molecule has 110 valence electrons. The van der Waals surface area contributed by atoms with Gasteiger partial charge in [0.25, 0.3) is 0 Å². The molecule has 2 unspecified atom stereocenters. The summed E-state index contributed by atoms with van der Waals surface area (Å²) in [5.74, 6) is 0. The highest BCUT2D eigenvalue weighted by atomic mass is 35.5. The van der Waals surface area contributed by atoms with Crippen molar-refractivity contribution >= 4 is 23.4 Å². The monoisotopic (exact) mass is 297 g/mol. The Morgan fingerprint density at radius 1 is 1.50 bits per heavy atom. The number of H-pyrrole nitrogens is 1. The van der Waals surface area contributed by atoms with Crippen LogP contribution in [0.25, 0.3) is 11.0 Å². The summed E-state index contributed by atoms with van der Waals surface area (Å²) in [6, 6.07) is 5.67. The Balaban J connectivity index is 0.00000147. The number of aromatic amines is 1. The highest BCUT2D eigenvalue weighted by Gasteiger charge is 2.27. The molecular weight excluding hydrogens is 278 g/mol. The molecule has 1 aliphatic rings. The number of nitrogens with zero attached hydrogens (tertiary/aromatic N) is 1. The molecule has 6 heteroatoms. The van der Waals surface area contributed by atoms with E-state index in [1.165, 1.54) is 0 Å². The molecule has 3 rings (SSSR count). The molecule has 1 aromatic carbocycles. The van der Waals surface area contributed by atoms with Crippen molar-refractivity contribution in [2.75, 3.05) is 6.54 Å². The average molecular weight is 298 g/mol. The van der Waals surface area contributed by atoms with Crippen LogP contribution in [0.3, 0.4) is 0 Å². The van der Waals surface area contributed by atoms with E-state index < -0.39 is 6.10 Å². The van der Waals surface area contributed by atoms with Gasteiger partial charge < -0.3 is 15.4 Å². The third-order valence-electron chi connectivity index (χ3n) is 3.84. The molecule has 2 atom stereocenters. The molecule has 0 radical (unpaired) electrons. The first-order chi connectivity index (χ1) is 9.22. The molecule has 0 saturated heterocycles. The zero-order chi connectivity index (χ0) is 13.4. The van der Waals surface area contributed by atoms with Crippen molar-refractivity contribution in [1.82, 2.24) is 14.9 Å². The number of nitrogens with one attached hydrogen (secondary N) is 2. The number of halogens is 1. The van der Waals surface area contributed by atoms with Crippen LogP contribution in [0.5, 0.6) is 0 Å². The molecule has 3 N–H and O–H groups in total. The summed E-state index contributed by atoms with van der Waals surface area (Å²) in [7, 11) is 0. The minimum atomic E-state index is -0.570. The summed E-state index contributed by atoms with van der Waals surface area (Å²) in [6.07, 6.45) is 1.21. The van der Waals surface area contributed by atoms with Crippen LogP contribution in [0.2, 0.25) is 0 Å². The zero-order valence-electron chi connectivity index (χ0n) is 11.4. The first-order valence-electron chi connectivity index (χ1n) is 6.85. The van der Waals surface area contributed by atoms with Gasteiger partial charge in [-0.1, -0.05) is 19.1 Å². The normalized spacial score (nSPS) is 21.5. The fraction of sp³-hybridized carbons (Fsp3) is 0.500. The van der Waals surface area contributed by atoms with Crippen LogP contribution >= 0.6 is 12.4 Å². The zero-order valence-corrected chi connectivity index (χ0v) is 12.2. The molecule has 0 bridgehead atoms. The number of aliphatic hydroxyl groups excluding tert-OH is 1. The fourth-order valence-electron chi connectivity index (χ4n) is 2.89. The van der Waals surface area contributed by atoms with Crippen LogP contribution in [0.1, 0.15) is 31.4 Å². The predicted octanol–water partition coefficient (Wildman–Crippen LogP) is 1.56. The molecule has 0 spiro atoms. The van der Waals surface area contributed by atoms with E-state index in [0.29, 0.717) is 6.54 Å². The van der Waals surface area contributed by atoms with Crippen LogP contribution in [0.15, 0.2) is 23.0 Å². The number of para-hydroxylation sites is 1. The van der Waals surface area contributed by atoms with Crippen molar-refractivity contribution in [2.24, 2.45) is 0 Å². The van der Waals surface area contributed by atoms with Gasteiger partial charge in [0.15, 0.2) is 0 Å². The molecule has 0 saturated carbocycles. The van der Waals surface area contributed by atoms with Crippen molar-refractivity contribution in [3.05, 3.63) is 34.2 Å². The summed E-state index contributed by atoms with van der Waals surface area (Å²) in [5, 5.41) is 13.9. The van der Waals surface area contributed by atoms with Gasteiger partial charge in [0.05, 0.1) is 17.1 Å². The molecular formula is C14H20ClN3O2.